The largest absolute Gasteiger partial charge is 0.361 e. The standard InChI is InChI=1S/C16H25FN4O3S/c1-10(22)19-11-6-7-13(17)12(8-11)16(4)9-21(5)25(23,24)15(2,3)14(18)20-16/h6-8,23-24H,9H2,1-5H3,(H2,18,20)(H,19,22)/t16-/m0/s1. The molecule has 1 aromatic carbocycles. The normalized spacial score (nSPS) is 27.1. The molecule has 1 fully saturated rings. The lowest BCUT2D eigenvalue weighted by Crippen LogP contribution is -2.51. The van der Waals surface area contributed by atoms with Crippen LogP contribution in [0.15, 0.2) is 18.2 Å². The number of rotatable bonds is 2. The maximum Gasteiger partial charge on any atom is 0.221 e. The Morgan fingerprint density at radius 2 is 2.00 bits per heavy atom. The lowest BCUT2D eigenvalue weighted by Gasteiger charge is -2.49. The van der Waals surface area contributed by atoms with Crippen molar-refractivity contribution in [1.29, 1.82) is 5.41 Å². The number of amides is 1. The minimum Gasteiger partial charge on any atom is -0.361 e. The van der Waals surface area contributed by atoms with Crippen molar-refractivity contribution in [3.8, 4) is 0 Å². The van der Waals surface area contributed by atoms with E-state index in [4.69, 9.17) is 5.41 Å². The number of nitrogens with one attached hydrogen (secondary N) is 3. The van der Waals surface area contributed by atoms with Crippen molar-refractivity contribution in [3.05, 3.63) is 29.6 Å². The molecule has 0 radical (unpaired) electrons. The number of benzene rings is 1. The third kappa shape index (κ3) is 3.37. The van der Waals surface area contributed by atoms with Crippen LogP contribution in [0, 0.1) is 11.2 Å². The van der Waals surface area contributed by atoms with Gasteiger partial charge in [-0.05, 0) is 39.0 Å². The summed E-state index contributed by atoms with van der Waals surface area (Å²) < 4.78 is 35.8. The van der Waals surface area contributed by atoms with E-state index in [0.29, 0.717) is 5.69 Å². The Morgan fingerprint density at radius 3 is 2.56 bits per heavy atom. The number of carbonyl (C=O) groups is 1. The molecule has 1 heterocycles. The SMILES string of the molecule is CC(=O)Nc1ccc(F)c([C@]2(C)CN(C)S(O)(O)C(C)(C)C(=N)N2)c1. The first-order valence-electron chi connectivity index (χ1n) is 7.75. The molecule has 0 spiro atoms. The van der Waals surface area contributed by atoms with Gasteiger partial charge in [-0.3, -0.25) is 19.3 Å². The van der Waals surface area contributed by atoms with E-state index in [9.17, 15) is 18.3 Å². The Labute approximate surface area is 148 Å². The molecule has 5 N–H and O–H groups in total. The van der Waals surface area contributed by atoms with E-state index in [0.717, 1.165) is 0 Å². The predicted molar refractivity (Wildman–Crippen MR) is 98.5 cm³/mol. The smallest absolute Gasteiger partial charge is 0.221 e. The van der Waals surface area contributed by atoms with Crippen LogP contribution in [0.3, 0.4) is 0 Å². The predicted octanol–water partition coefficient (Wildman–Crippen LogP) is 2.96. The highest BCUT2D eigenvalue weighted by molar-refractivity contribution is 8.24. The summed E-state index contributed by atoms with van der Waals surface area (Å²) in [7, 11) is -1.76. The van der Waals surface area contributed by atoms with Crippen LogP contribution >= 0.6 is 10.8 Å². The van der Waals surface area contributed by atoms with Crippen molar-refractivity contribution in [3.63, 3.8) is 0 Å². The Morgan fingerprint density at radius 1 is 1.40 bits per heavy atom. The number of halogens is 1. The van der Waals surface area contributed by atoms with Crippen molar-refractivity contribution in [2.45, 2.75) is 38.0 Å². The summed E-state index contributed by atoms with van der Waals surface area (Å²) in [5.74, 6) is -0.887. The molecule has 7 nitrogen and oxygen atoms in total. The van der Waals surface area contributed by atoms with Gasteiger partial charge in [-0.2, -0.15) is 0 Å². The van der Waals surface area contributed by atoms with E-state index >= 15 is 0 Å². The average Bonchev–Trinajstić information content (AvgIpc) is 2.51. The van der Waals surface area contributed by atoms with Crippen LogP contribution < -0.4 is 10.6 Å². The summed E-state index contributed by atoms with van der Waals surface area (Å²) in [6, 6.07) is 4.19. The van der Waals surface area contributed by atoms with Crippen LogP contribution in [0.4, 0.5) is 10.1 Å². The molecule has 1 atom stereocenters. The zero-order valence-electron chi connectivity index (χ0n) is 15.0. The average molecular weight is 372 g/mol. The Hall–Kier alpha value is -1.68. The van der Waals surface area contributed by atoms with Gasteiger partial charge < -0.3 is 10.6 Å². The van der Waals surface area contributed by atoms with Gasteiger partial charge in [-0.15, -0.1) is 10.8 Å². The number of hydrogen-bond donors (Lipinski definition) is 5. The molecule has 0 bridgehead atoms. The van der Waals surface area contributed by atoms with Gasteiger partial charge in [0.05, 0.1) is 5.54 Å². The Bertz CT molecular complexity index is 725. The first-order chi connectivity index (χ1) is 11.3. The molecular weight excluding hydrogens is 347 g/mol. The maximum absolute atomic E-state index is 14.5. The lowest BCUT2D eigenvalue weighted by molar-refractivity contribution is -0.114. The number of anilines is 1. The van der Waals surface area contributed by atoms with Crippen LogP contribution in [0.5, 0.6) is 0 Å². The number of nitrogens with zero attached hydrogens (tertiary/aromatic N) is 1. The van der Waals surface area contributed by atoms with Crippen LogP contribution in [0.2, 0.25) is 0 Å². The van der Waals surface area contributed by atoms with Gasteiger partial charge in [-0.25, -0.2) is 8.70 Å². The van der Waals surface area contributed by atoms with Crippen LogP contribution in [0.1, 0.15) is 33.3 Å². The van der Waals surface area contributed by atoms with Crippen molar-refractivity contribution in [1.82, 2.24) is 9.62 Å². The summed E-state index contributed by atoms with van der Waals surface area (Å²) in [6.45, 7) is 6.22. The molecule has 1 aromatic rings. The first-order valence-corrected chi connectivity index (χ1v) is 9.25. The molecular formula is C16H25FN4O3S. The fraction of sp³-hybridized carbons (Fsp3) is 0.500. The maximum atomic E-state index is 14.5. The summed E-state index contributed by atoms with van der Waals surface area (Å²) in [5, 5.41) is 13.9. The van der Waals surface area contributed by atoms with E-state index < -0.39 is 26.9 Å². The number of likely N-dealkylation sites (N-methyl/N-ethyl adjacent to an activating group) is 1. The molecule has 0 aliphatic carbocycles. The second-order valence-electron chi connectivity index (χ2n) is 7.02. The molecule has 0 unspecified atom stereocenters. The van der Waals surface area contributed by atoms with Gasteiger partial charge in [0.2, 0.25) is 5.91 Å². The second kappa shape index (κ2) is 6.24. The van der Waals surface area contributed by atoms with Gasteiger partial charge in [0.15, 0.2) is 0 Å². The Balaban J connectivity index is 2.54. The zero-order valence-corrected chi connectivity index (χ0v) is 15.8. The van der Waals surface area contributed by atoms with Crippen LogP contribution in [-0.2, 0) is 10.3 Å². The first kappa shape index (κ1) is 19.6. The molecule has 140 valence electrons. The topological polar surface area (TPSA) is 109 Å². The highest BCUT2D eigenvalue weighted by Gasteiger charge is 2.49. The number of carbonyl (C=O) groups excluding carboxylic acids is 1. The minimum atomic E-state index is -3.29. The van der Waals surface area contributed by atoms with Gasteiger partial charge in [0.25, 0.3) is 0 Å². The highest BCUT2D eigenvalue weighted by Crippen LogP contribution is 2.57. The van der Waals surface area contributed by atoms with Crippen LogP contribution in [-0.4, -0.2) is 43.5 Å². The summed E-state index contributed by atoms with van der Waals surface area (Å²) >= 11 is 0. The minimum absolute atomic E-state index is 0.0571. The fourth-order valence-corrected chi connectivity index (χ4v) is 4.45. The molecule has 1 saturated heterocycles. The Kier molecular flexibility index (Phi) is 4.90. The molecule has 25 heavy (non-hydrogen) atoms. The number of hydrogen-bond acceptors (Lipinski definition) is 5. The molecule has 0 saturated carbocycles. The summed E-state index contributed by atoms with van der Waals surface area (Å²) in [4.78, 5) is 11.3. The van der Waals surface area contributed by atoms with Crippen molar-refractivity contribution in [2.75, 3.05) is 18.9 Å². The molecule has 1 aliphatic rings. The molecule has 0 aromatic heterocycles. The summed E-state index contributed by atoms with van der Waals surface area (Å²) in [6.07, 6.45) is 0. The van der Waals surface area contributed by atoms with Crippen LogP contribution in [0.25, 0.3) is 0 Å². The van der Waals surface area contributed by atoms with Crippen molar-refractivity contribution in [2.24, 2.45) is 0 Å². The quantitative estimate of drug-likeness (QED) is 0.548. The van der Waals surface area contributed by atoms with Gasteiger partial charge in [-0.1, -0.05) is 0 Å². The van der Waals surface area contributed by atoms with E-state index in [1.54, 1.807) is 20.8 Å². The molecule has 2 rings (SSSR count). The monoisotopic (exact) mass is 372 g/mol. The van der Waals surface area contributed by atoms with Crippen molar-refractivity contribution < 1.29 is 18.3 Å². The van der Waals surface area contributed by atoms with Gasteiger partial charge in [0.1, 0.15) is 16.4 Å². The molecule has 1 aliphatic heterocycles. The third-order valence-corrected chi connectivity index (χ3v) is 7.11. The zero-order chi connectivity index (χ0) is 19.2. The van der Waals surface area contributed by atoms with Gasteiger partial charge >= 0.3 is 0 Å². The third-order valence-electron chi connectivity index (χ3n) is 4.54. The summed E-state index contributed by atoms with van der Waals surface area (Å²) in [5.41, 5.74) is -0.443. The highest BCUT2D eigenvalue weighted by atomic mass is 32.3. The molecule has 9 heteroatoms. The van der Waals surface area contributed by atoms with E-state index in [2.05, 4.69) is 10.6 Å². The van der Waals surface area contributed by atoms with E-state index in [1.807, 2.05) is 0 Å². The molecule has 1 amide bonds. The van der Waals surface area contributed by atoms with E-state index in [1.165, 1.54) is 36.5 Å². The lowest BCUT2D eigenvalue weighted by atomic mass is 9.90. The second-order valence-corrected chi connectivity index (χ2v) is 9.70. The number of amidine groups is 1. The fourth-order valence-electron chi connectivity index (χ4n) is 2.91. The van der Waals surface area contributed by atoms with E-state index in [-0.39, 0.29) is 23.9 Å². The van der Waals surface area contributed by atoms with Crippen molar-refractivity contribution >= 4 is 28.2 Å². The van der Waals surface area contributed by atoms with Gasteiger partial charge in [0, 0.05) is 31.8 Å².